The van der Waals surface area contributed by atoms with E-state index in [1.165, 1.54) is 6.92 Å². The molecule has 10 nitrogen and oxygen atoms in total. The monoisotopic (exact) mass is 474 g/mol. The van der Waals surface area contributed by atoms with Crippen molar-refractivity contribution in [3.8, 4) is 0 Å². The summed E-state index contributed by atoms with van der Waals surface area (Å²) in [6.45, 7) is 9.56. The van der Waals surface area contributed by atoms with Gasteiger partial charge in [-0.05, 0) is 40.2 Å². The Balaban J connectivity index is 1.35. The van der Waals surface area contributed by atoms with Crippen LogP contribution in [0.25, 0.3) is 0 Å². The molecule has 1 heterocycles. The maximum atomic E-state index is 12.5. The summed E-state index contributed by atoms with van der Waals surface area (Å²) >= 11 is 0. The number of alkyl carbamates (subject to hydrolysis) is 1. The third kappa shape index (κ3) is 6.85. The summed E-state index contributed by atoms with van der Waals surface area (Å²) in [6.07, 6.45) is -1.06. The SMILES string of the molecule is C[C@H](NC(=O)OC(C)(C)C)C(=O)N[C@@H](C)C(=O)N[C@H]1[C@@H]2CN(C(=O)OCc3ccccc3)C[C@@H]21. The van der Waals surface area contributed by atoms with Gasteiger partial charge in [-0.25, -0.2) is 9.59 Å². The lowest BCUT2D eigenvalue weighted by molar-refractivity contribution is -0.129. The molecule has 0 bridgehead atoms. The number of carbonyl (C=O) groups excluding carboxylic acids is 4. The number of ether oxygens (including phenoxy) is 2. The number of piperidine rings is 1. The fraction of sp³-hybridized carbons (Fsp3) is 0.583. The zero-order valence-electron chi connectivity index (χ0n) is 20.3. The smallest absolute Gasteiger partial charge is 0.410 e. The zero-order valence-corrected chi connectivity index (χ0v) is 20.3. The van der Waals surface area contributed by atoms with Gasteiger partial charge in [0, 0.05) is 31.0 Å². The molecule has 1 aromatic rings. The number of benzene rings is 1. The standard InChI is InChI=1S/C24H34N4O6/c1-14(25-20(29)15(2)26-22(31)34-24(3,4)5)21(30)27-19-17-11-28(12-18(17)19)23(32)33-13-16-9-7-6-8-10-16/h6-10,14-15,17-19H,11-13H2,1-5H3,(H,25,29)(H,26,31)(H,27,30)/t14-,15-,17-,18+,19+/m0/s1. The summed E-state index contributed by atoms with van der Waals surface area (Å²) in [4.78, 5) is 50.6. The van der Waals surface area contributed by atoms with Crippen LogP contribution in [-0.4, -0.2) is 65.7 Å². The number of nitrogens with zero attached hydrogens (tertiary/aromatic N) is 1. The molecule has 0 unspecified atom stereocenters. The van der Waals surface area contributed by atoms with Gasteiger partial charge in [-0.15, -0.1) is 0 Å². The molecule has 4 amide bonds. The van der Waals surface area contributed by atoms with Gasteiger partial charge in [0.15, 0.2) is 0 Å². The highest BCUT2D eigenvalue weighted by Crippen LogP contribution is 2.45. The van der Waals surface area contributed by atoms with E-state index in [0.29, 0.717) is 13.1 Å². The van der Waals surface area contributed by atoms with E-state index in [-0.39, 0.29) is 36.5 Å². The quantitative estimate of drug-likeness (QED) is 0.553. The molecule has 1 saturated heterocycles. The Morgan fingerprint density at radius 2 is 1.56 bits per heavy atom. The van der Waals surface area contributed by atoms with Crippen LogP contribution >= 0.6 is 0 Å². The van der Waals surface area contributed by atoms with E-state index in [4.69, 9.17) is 9.47 Å². The summed E-state index contributed by atoms with van der Waals surface area (Å²) in [5.41, 5.74) is 0.251. The van der Waals surface area contributed by atoms with E-state index in [1.54, 1.807) is 32.6 Å². The van der Waals surface area contributed by atoms with E-state index >= 15 is 0 Å². The second-order valence-electron chi connectivity index (χ2n) is 9.91. The first-order valence-electron chi connectivity index (χ1n) is 11.5. The summed E-state index contributed by atoms with van der Waals surface area (Å²) in [6, 6.07) is 7.82. The number of fused-ring (bicyclic) bond motifs is 1. The van der Waals surface area contributed by atoms with Gasteiger partial charge in [0.2, 0.25) is 11.8 Å². The molecule has 1 aliphatic carbocycles. The van der Waals surface area contributed by atoms with Crippen LogP contribution in [-0.2, 0) is 25.7 Å². The van der Waals surface area contributed by atoms with Crippen molar-refractivity contribution in [3.05, 3.63) is 35.9 Å². The Morgan fingerprint density at radius 1 is 0.971 bits per heavy atom. The molecule has 2 fully saturated rings. The van der Waals surface area contributed by atoms with E-state index in [0.717, 1.165) is 5.56 Å². The van der Waals surface area contributed by atoms with Crippen LogP contribution in [0.15, 0.2) is 30.3 Å². The summed E-state index contributed by atoms with van der Waals surface area (Å²) in [5, 5.41) is 7.99. The topological polar surface area (TPSA) is 126 Å². The van der Waals surface area contributed by atoms with Crippen molar-refractivity contribution in [2.75, 3.05) is 13.1 Å². The Hall–Kier alpha value is -3.30. The Morgan fingerprint density at radius 3 is 2.15 bits per heavy atom. The van der Waals surface area contributed by atoms with Crippen LogP contribution < -0.4 is 16.0 Å². The van der Waals surface area contributed by atoms with Crippen LogP contribution in [0.3, 0.4) is 0 Å². The van der Waals surface area contributed by atoms with Crippen molar-refractivity contribution in [2.45, 2.75) is 65.0 Å². The Kier molecular flexibility index (Phi) is 7.68. The van der Waals surface area contributed by atoms with E-state index in [1.807, 2.05) is 30.3 Å². The predicted octanol–water partition coefficient (Wildman–Crippen LogP) is 1.79. The molecule has 5 atom stereocenters. The second kappa shape index (κ2) is 10.3. The number of nitrogens with one attached hydrogen (secondary N) is 3. The van der Waals surface area contributed by atoms with Crippen molar-refractivity contribution in [2.24, 2.45) is 11.8 Å². The summed E-state index contributed by atoms with van der Waals surface area (Å²) in [5.74, 6) is -0.431. The van der Waals surface area contributed by atoms with Gasteiger partial charge >= 0.3 is 12.2 Å². The maximum absolute atomic E-state index is 12.5. The van der Waals surface area contributed by atoms with Gasteiger partial charge in [-0.3, -0.25) is 9.59 Å². The average Bonchev–Trinajstić information content (AvgIpc) is 3.18. The predicted molar refractivity (Wildman–Crippen MR) is 124 cm³/mol. The minimum Gasteiger partial charge on any atom is -0.445 e. The van der Waals surface area contributed by atoms with Crippen LogP contribution in [0.4, 0.5) is 9.59 Å². The first-order chi connectivity index (χ1) is 15.9. The molecule has 2 aliphatic rings. The maximum Gasteiger partial charge on any atom is 0.410 e. The average molecular weight is 475 g/mol. The zero-order chi connectivity index (χ0) is 25.0. The molecule has 1 saturated carbocycles. The largest absolute Gasteiger partial charge is 0.445 e. The van der Waals surface area contributed by atoms with Gasteiger partial charge in [-0.1, -0.05) is 30.3 Å². The fourth-order valence-corrected chi connectivity index (χ4v) is 3.94. The normalized spacial score (nSPS) is 22.6. The molecule has 1 aromatic carbocycles. The van der Waals surface area contributed by atoms with Crippen molar-refractivity contribution in [3.63, 3.8) is 0 Å². The van der Waals surface area contributed by atoms with Crippen LogP contribution in [0, 0.1) is 11.8 Å². The highest BCUT2D eigenvalue weighted by molar-refractivity contribution is 5.91. The number of amides is 4. The van der Waals surface area contributed by atoms with E-state index in [9.17, 15) is 19.2 Å². The van der Waals surface area contributed by atoms with Gasteiger partial charge < -0.3 is 30.3 Å². The summed E-state index contributed by atoms with van der Waals surface area (Å²) < 4.78 is 10.5. The molecule has 0 spiro atoms. The lowest BCUT2D eigenvalue weighted by atomic mass is 10.2. The molecular formula is C24H34N4O6. The van der Waals surface area contributed by atoms with E-state index in [2.05, 4.69) is 16.0 Å². The Bertz CT molecular complexity index is 904. The van der Waals surface area contributed by atoms with Crippen molar-refractivity contribution in [1.29, 1.82) is 0 Å². The third-order valence-corrected chi connectivity index (χ3v) is 5.84. The van der Waals surface area contributed by atoms with Gasteiger partial charge in [0.25, 0.3) is 0 Å². The molecular weight excluding hydrogens is 440 g/mol. The van der Waals surface area contributed by atoms with Crippen molar-refractivity contribution < 1.29 is 28.7 Å². The highest BCUT2D eigenvalue weighted by Gasteiger charge is 2.58. The molecule has 0 radical (unpaired) electrons. The molecule has 3 rings (SSSR count). The first kappa shape index (κ1) is 25.3. The van der Waals surface area contributed by atoms with Crippen molar-refractivity contribution in [1.82, 2.24) is 20.9 Å². The number of likely N-dealkylation sites (tertiary alicyclic amines) is 1. The van der Waals surface area contributed by atoms with Gasteiger partial charge in [0.05, 0.1) is 0 Å². The minimum atomic E-state index is -0.860. The Labute approximate surface area is 199 Å². The number of hydrogen-bond acceptors (Lipinski definition) is 6. The molecule has 1 aliphatic heterocycles. The minimum absolute atomic E-state index is 0.0256. The fourth-order valence-electron chi connectivity index (χ4n) is 3.94. The lowest BCUT2D eigenvalue weighted by Gasteiger charge is -2.23. The van der Waals surface area contributed by atoms with Crippen molar-refractivity contribution >= 4 is 24.0 Å². The summed E-state index contributed by atoms with van der Waals surface area (Å²) in [7, 11) is 0. The number of hydrogen-bond donors (Lipinski definition) is 3. The molecule has 186 valence electrons. The lowest BCUT2D eigenvalue weighted by Crippen LogP contribution is -2.53. The molecule has 0 aromatic heterocycles. The van der Waals surface area contributed by atoms with Gasteiger partial charge in [0.1, 0.15) is 24.3 Å². The first-order valence-corrected chi connectivity index (χ1v) is 11.5. The second-order valence-corrected chi connectivity index (χ2v) is 9.91. The molecule has 3 N–H and O–H groups in total. The van der Waals surface area contributed by atoms with Crippen LogP contribution in [0.1, 0.15) is 40.2 Å². The van der Waals surface area contributed by atoms with Crippen LogP contribution in [0.2, 0.25) is 0 Å². The highest BCUT2D eigenvalue weighted by atomic mass is 16.6. The van der Waals surface area contributed by atoms with Crippen LogP contribution in [0.5, 0.6) is 0 Å². The number of carbonyl (C=O) groups is 4. The number of rotatable bonds is 7. The molecule has 10 heteroatoms. The third-order valence-electron chi connectivity index (χ3n) is 5.84. The molecule has 34 heavy (non-hydrogen) atoms. The van der Waals surface area contributed by atoms with Gasteiger partial charge in [-0.2, -0.15) is 0 Å². The van der Waals surface area contributed by atoms with E-state index < -0.39 is 29.7 Å².